The molecule has 0 saturated carbocycles. The summed E-state index contributed by atoms with van der Waals surface area (Å²) in [5.74, 6) is -1.18. The lowest BCUT2D eigenvalue weighted by molar-refractivity contribution is -0.193. The molecule has 5 nitrogen and oxygen atoms in total. The number of rotatable bonds is 4. The summed E-state index contributed by atoms with van der Waals surface area (Å²) in [7, 11) is 2.56. The molecule has 8 heteroatoms. The molecule has 1 atom stereocenters. The van der Waals surface area contributed by atoms with Crippen molar-refractivity contribution in [3.8, 4) is 11.5 Å². The summed E-state index contributed by atoms with van der Waals surface area (Å²) in [6.07, 6.45) is -4.84. The van der Waals surface area contributed by atoms with Crippen LogP contribution in [0.15, 0.2) is 18.2 Å². The number of aromatic hydroxyl groups is 1. The molecule has 1 aromatic carbocycles. The van der Waals surface area contributed by atoms with Gasteiger partial charge in [-0.15, -0.1) is 0 Å². The predicted octanol–water partition coefficient (Wildman–Crippen LogP) is 1.64. The Morgan fingerprint density at radius 2 is 2.00 bits per heavy atom. The number of likely N-dealkylation sites (N-methyl/N-ethyl adjacent to an activating group) is 1. The molecule has 0 saturated heterocycles. The highest BCUT2D eigenvalue weighted by Gasteiger charge is 2.54. The molecule has 3 N–H and O–H groups in total. The number of nitrogens with zero attached hydrogens (tertiary/aromatic N) is 1. The second kappa shape index (κ2) is 5.80. The molecule has 118 valence electrons. The number of hydrogen-bond acceptors (Lipinski definition) is 4. The minimum atomic E-state index is -4.84. The van der Waals surface area contributed by atoms with Crippen molar-refractivity contribution in [1.82, 2.24) is 4.90 Å². The number of amides is 1. The Labute approximate surface area is 120 Å². The Bertz CT molecular complexity index is 530. The number of phenolic OH excluding ortho intramolecular Hbond substituents is 1. The van der Waals surface area contributed by atoms with Crippen LogP contribution in [0, 0.1) is 0 Å². The topological polar surface area (TPSA) is 75.8 Å². The van der Waals surface area contributed by atoms with Crippen LogP contribution in [0.1, 0.15) is 12.5 Å². The van der Waals surface area contributed by atoms with Gasteiger partial charge in [0.1, 0.15) is 0 Å². The third-order valence-electron chi connectivity index (χ3n) is 3.04. The van der Waals surface area contributed by atoms with E-state index in [0.717, 1.165) is 4.90 Å². The molecule has 0 radical (unpaired) electrons. The second-order valence-electron chi connectivity index (χ2n) is 4.87. The van der Waals surface area contributed by atoms with Crippen LogP contribution in [0.4, 0.5) is 13.2 Å². The van der Waals surface area contributed by atoms with Gasteiger partial charge < -0.3 is 20.5 Å². The molecule has 0 heterocycles. The van der Waals surface area contributed by atoms with Gasteiger partial charge in [-0.2, -0.15) is 13.2 Å². The highest BCUT2D eigenvalue weighted by atomic mass is 19.4. The zero-order valence-corrected chi connectivity index (χ0v) is 11.9. The average Bonchev–Trinajstić information content (AvgIpc) is 2.38. The van der Waals surface area contributed by atoms with Crippen molar-refractivity contribution in [2.45, 2.75) is 25.2 Å². The first-order chi connectivity index (χ1) is 9.50. The molecular formula is C13H17F3N2O3. The Balaban J connectivity index is 2.91. The Kier molecular flexibility index (Phi) is 4.72. The zero-order valence-electron chi connectivity index (χ0n) is 11.9. The van der Waals surface area contributed by atoms with E-state index in [2.05, 4.69) is 0 Å². The van der Waals surface area contributed by atoms with E-state index in [9.17, 15) is 23.1 Å². The van der Waals surface area contributed by atoms with Crippen molar-refractivity contribution in [2.75, 3.05) is 14.2 Å². The van der Waals surface area contributed by atoms with Crippen molar-refractivity contribution < 1.29 is 27.8 Å². The first-order valence-electron chi connectivity index (χ1n) is 5.97. The minimum Gasteiger partial charge on any atom is -0.504 e. The molecule has 0 aliphatic carbocycles. The molecule has 0 fully saturated rings. The van der Waals surface area contributed by atoms with Crippen LogP contribution in [0.2, 0.25) is 0 Å². The molecule has 0 aromatic heterocycles. The quantitative estimate of drug-likeness (QED) is 0.886. The van der Waals surface area contributed by atoms with Gasteiger partial charge in [0.05, 0.1) is 7.11 Å². The minimum absolute atomic E-state index is 0.0989. The molecule has 1 aromatic rings. The van der Waals surface area contributed by atoms with E-state index >= 15 is 0 Å². The largest absolute Gasteiger partial charge is 0.504 e. The van der Waals surface area contributed by atoms with Crippen molar-refractivity contribution in [2.24, 2.45) is 5.73 Å². The van der Waals surface area contributed by atoms with Crippen molar-refractivity contribution in [3.05, 3.63) is 23.8 Å². The lowest BCUT2D eigenvalue weighted by Crippen LogP contribution is -2.61. The average molecular weight is 306 g/mol. The number of ether oxygens (including phenoxy) is 1. The van der Waals surface area contributed by atoms with E-state index in [1.54, 1.807) is 0 Å². The number of phenols is 1. The summed E-state index contributed by atoms with van der Waals surface area (Å²) in [6, 6.07) is 4.24. The fourth-order valence-electron chi connectivity index (χ4n) is 1.68. The van der Waals surface area contributed by atoms with Gasteiger partial charge in [0.15, 0.2) is 17.0 Å². The summed E-state index contributed by atoms with van der Waals surface area (Å²) in [6.45, 7) is 0.529. The number of benzene rings is 1. The Morgan fingerprint density at radius 3 is 2.48 bits per heavy atom. The van der Waals surface area contributed by atoms with Crippen LogP contribution in [0.5, 0.6) is 11.5 Å². The molecule has 1 rings (SSSR count). The molecule has 1 unspecified atom stereocenters. The van der Waals surface area contributed by atoms with E-state index in [0.29, 0.717) is 12.5 Å². The number of methoxy groups -OCH3 is 1. The van der Waals surface area contributed by atoms with Crippen molar-refractivity contribution in [1.29, 1.82) is 0 Å². The van der Waals surface area contributed by atoms with Gasteiger partial charge in [0.25, 0.3) is 5.91 Å². The summed E-state index contributed by atoms with van der Waals surface area (Å²) < 4.78 is 43.1. The number of halogens is 3. The molecule has 0 spiro atoms. The van der Waals surface area contributed by atoms with E-state index in [1.165, 1.54) is 32.4 Å². The maximum Gasteiger partial charge on any atom is 0.415 e. The van der Waals surface area contributed by atoms with E-state index in [1.807, 2.05) is 0 Å². The number of carbonyl (C=O) groups is 1. The summed E-state index contributed by atoms with van der Waals surface area (Å²) in [5.41, 5.74) is 2.63. The zero-order chi connectivity index (χ0) is 16.4. The van der Waals surface area contributed by atoms with Crippen LogP contribution in [0.3, 0.4) is 0 Å². The SMILES string of the molecule is COc1cc(CN(C)C(=O)C(C)(N)C(F)(F)F)ccc1O. The van der Waals surface area contributed by atoms with Gasteiger partial charge in [0, 0.05) is 13.6 Å². The van der Waals surface area contributed by atoms with Gasteiger partial charge in [-0.25, -0.2) is 0 Å². The normalized spacial score (nSPS) is 14.4. The Hall–Kier alpha value is -1.96. The first-order valence-corrected chi connectivity index (χ1v) is 5.97. The first kappa shape index (κ1) is 17.1. The highest BCUT2D eigenvalue weighted by molar-refractivity contribution is 5.86. The second-order valence-corrected chi connectivity index (χ2v) is 4.87. The van der Waals surface area contributed by atoms with E-state index < -0.39 is 17.6 Å². The highest BCUT2D eigenvalue weighted by Crippen LogP contribution is 2.30. The maximum absolute atomic E-state index is 12.7. The van der Waals surface area contributed by atoms with Gasteiger partial charge >= 0.3 is 6.18 Å². The molecule has 1 amide bonds. The fourth-order valence-corrected chi connectivity index (χ4v) is 1.68. The van der Waals surface area contributed by atoms with Gasteiger partial charge in [0.2, 0.25) is 0 Å². The lowest BCUT2D eigenvalue weighted by atomic mass is 10.0. The summed E-state index contributed by atoms with van der Waals surface area (Å²) >= 11 is 0. The molecule has 0 aliphatic heterocycles. The maximum atomic E-state index is 12.7. The number of alkyl halides is 3. The van der Waals surface area contributed by atoms with Gasteiger partial charge in [-0.05, 0) is 24.6 Å². The smallest absolute Gasteiger partial charge is 0.415 e. The molecule has 0 aliphatic rings. The van der Waals surface area contributed by atoms with Crippen molar-refractivity contribution >= 4 is 5.91 Å². The Morgan fingerprint density at radius 1 is 1.43 bits per heavy atom. The molecule has 21 heavy (non-hydrogen) atoms. The number of nitrogens with two attached hydrogens (primary N) is 1. The standard InChI is InChI=1S/C13H17F3N2O3/c1-12(17,13(14,15)16)11(20)18(2)7-8-4-5-9(19)10(6-8)21-3/h4-6,19H,7,17H2,1-3H3. The monoisotopic (exact) mass is 306 g/mol. The third kappa shape index (κ3) is 3.57. The van der Waals surface area contributed by atoms with Gasteiger partial charge in [-0.3, -0.25) is 4.79 Å². The van der Waals surface area contributed by atoms with Crippen LogP contribution in [0.25, 0.3) is 0 Å². The van der Waals surface area contributed by atoms with E-state index in [4.69, 9.17) is 10.5 Å². The number of hydrogen-bond donors (Lipinski definition) is 2. The van der Waals surface area contributed by atoms with Crippen molar-refractivity contribution in [3.63, 3.8) is 0 Å². The predicted molar refractivity (Wildman–Crippen MR) is 69.8 cm³/mol. The van der Waals surface area contributed by atoms with Crippen LogP contribution in [-0.4, -0.2) is 41.8 Å². The number of carbonyl (C=O) groups excluding carboxylic acids is 1. The van der Waals surface area contributed by atoms with Crippen LogP contribution in [-0.2, 0) is 11.3 Å². The van der Waals surface area contributed by atoms with Crippen LogP contribution < -0.4 is 10.5 Å². The van der Waals surface area contributed by atoms with Crippen LogP contribution >= 0.6 is 0 Å². The summed E-state index contributed by atoms with van der Waals surface area (Å²) in [4.78, 5) is 12.7. The lowest BCUT2D eigenvalue weighted by Gasteiger charge is -2.31. The van der Waals surface area contributed by atoms with E-state index in [-0.39, 0.29) is 18.0 Å². The molecule has 0 bridgehead atoms. The third-order valence-corrected chi connectivity index (χ3v) is 3.04. The molecular weight excluding hydrogens is 289 g/mol. The summed E-state index contributed by atoms with van der Waals surface area (Å²) in [5, 5.41) is 9.44. The fraction of sp³-hybridized carbons (Fsp3) is 0.462. The van der Waals surface area contributed by atoms with Gasteiger partial charge in [-0.1, -0.05) is 6.07 Å².